The Morgan fingerprint density at radius 1 is 0.880 bits per heavy atom. The van der Waals surface area contributed by atoms with Gasteiger partial charge in [0.15, 0.2) is 0 Å². The first-order chi connectivity index (χ1) is 12.1. The highest BCUT2D eigenvalue weighted by Crippen LogP contribution is 2.38. The lowest BCUT2D eigenvalue weighted by molar-refractivity contribution is 0.257. The molecule has 0 aliphatic heterocycles. The summed E-state index contributed by atoms with van der Waals surface area (Å²) in [6.45, 7) is 0. The predicted molar refractivity (Wildman–Crippen MR) is 94.9 cm³/mol. The van der Waals surface area contributed by atoms with E-state index in [1.54, 1.807) is 0 Å². The van der Waals surface area contributed by atoms with E-state index in [4.69, 9.17) is 0 Å². The van der Waals surface area contributed by atoms with Crippen LogP contribution < -0.4 is 10.0 Å². The normalized spacial score (nSPS) is 15.0. The summed E-state index contributed by atoms with van der Waals surface area (Å²) in [5, 5.41) is 2.98. The molecule has 0 spiro atoms. The molecule has 25 heavy (non-hydrogen) atoms. The van der Waals surface area contributed by atoms with Gasteiger partial charge >= 0.3 is 6.03 Å². The van der Waals surface area contributed by atoms with Gasteiger partial charge < -0.3 is 5.32 Å². The van der Waals surface area contributed by atoms with Crippen LogP contribution in [0.15, 0.2) is 29.2 Å². The second-order valence-corrected chi connectivity index (χ2v) is 7.38. The van der Waals surface area contributed by atoms with Crippen molar-refractivity contribution in [3.05, 3.63) is 58.2 Å². The third kappa shape index (κ3) is 3.35. The number of urea groups is 1. The molecule has 2 aromatic rings. The quantitative estimate of drug-likeness (QED) is 0.774. The molecule has 2 amide bonds. The summed E-state index contributed by atoms with van der Waals surface area (Å²) >= 11 is 0.901. The van der Waals surface area contributed by atoms with Gasteiger partial charge in [-0.1, -0.05) is 6.07 Å². The van der Waals surface area contributed by atoms with Gasteiger partial charge in [0, 0.05) is 16.6 Å². The van der Waals surface area contributed by atoms with Crippen LogP contribution in [0.4, 0.5) is 19.3 Å². The molecule has 2 N–H and O–H groups in total. The molecule has 0 aromatic heterocycles. The van der Waals surface area contributed by atoms with Crippen molar-refractivity contribution in [3.63, 3.8) is 0 Å². The first-order valence-electron chi connectivity index (χ1n) is 8.46. The second kappa shape index (κ2) is 6.67. The Morgan fingerprint density at radius 3 is 2.08 bits per heavy atom. The van der Waals surface area contributed by atoms with Gasteiger partial charge in [-0.15, -0.1) is 0 Å². The zero-order valence-corrected chi connectivity index (χ0v) is 14.4. The maximum atomic E-state index is 13.2. The average molecular weight is 360 g/mol. The Balaban J connectivity index is 1.50. The fourth-order valence-corrected chi connectivity index (χ4v) is 4.40. The lowest BCUT2D eigenvalue weighted by Crippen LogP contribution is -2.24. The van der Waals surface area contributed by atoms with E-state index in [9.17, 15) is 13.6 Å². The monoisotopic (exact) mass is 360 g/mol. The zero-order chi connectivity index (χ0) is 17.4. The molecule has 2 aliphatic rings. The van der Waals surface area contributed by atoms with Crippen LogP contribution in [0, 0.1) is 11.6 Å². The van der Waals surface area contributed by atoms with E-state index in [0.29, 0.717) is 4.90 Å². The number of hydrogen-bond donors (Lipinski definition) is 2. The Labute approximate surface area is 149 Å². The summed E-state index contributed by atoms with van der Waals surface area (Å²) in [4.78, 5) is 12.6. The topological polar surface area (TPSA) is 41.1 Å². The van der Waals surface area contributed by atoms with Gasteiger partial charge in [0.25, 0.3) is 0 Å². The van der Waals surface area contributed by atoms with Crippen LogP contribution in [0.3, 0.4) is 0 Å². The van der Waals surface area contributed by atoms with Gasteiger partial charge in [0.1, 0.15) is 11.6 Å². The van der Waals surface area contributed by atoms with Gasteiger partial charge in [0.05, 0.1) is 0 Å². The molecule has 0 saturated heterocycles. The van der Waals surface area contributed by atoms with Crippen LogP contribution in [0.1, 0.15) is 35.1 Å². The molecule has 0 saturated carbocycles. The summed E-state index contributed by atoms with van der Waals surface area (Å²) in [5.74, 6) is -1.33. The van der Waals surface area contributed by atoms with Crippen LogP contribution in [0.2, 0.25) is 0 Å². The van der Waals surface area contributed by atoms with E-state index in [2.05, 4.69) is 16.1 Å². The number of hydrogen-bond acceptors (Lipinski definition) is 2. The molecular formula is C19H18F2N2OS. The SMILES string of the molecule is O=C(NSc1cc(F)cc(F)c1)Nc1c2c(cc3c1CCC3)CCC2. The molecule has 6 heteroatoms. The van der Waals surface area contributed by atoms with Gasteiger partial charge in [0.2, 0.25) is 0 Å². The number of carbonyl (C=O) groups is 1. The number of fused-ring (bicyclic) bond motifs is 2. The molecule has 2 aromatic carbocycles. The smallest absolute Gasteiger partial charge is 0.307 e. The highest BCUT2D eigenvalue weighted by Gasteiger charge is 2.24. The van der Waals surface area contributed by atoms with Crippen molar-refractivity contribution in [1.82, 2.24) is 4.72 Å². The lowest BCUT2D eigenvalue weighted by Gasteiger charge is -2.16. The van der Waals surface area contributed by atoms with Crippen molar-refractivity contribution >= 4 is 23.7 Å². The summed E-state index contributed by atoms with van der Waals surface area (Å²) in [6, 6.07) is 5.11. The second-order valence-electron chi connectivity index (χ2n) is 6.50. The summed E-state index contributed by atoms with van der Waals surface area (Å²) in [6.07, 6.45) is 6.34. The molecule has 3 nitrogen and oxygen atoms in total. The van der Waals surface area contributed by atoms with E-state index in [0.717, 1.165) is 62.2 Å². The van der Waals surface area contributed by atoms with Crippen LogP contribution in [0.25, 0.3) is 0 Å². The van der Waals surface area contributed by atoms with Gasteiger partial charge in [-0.3, -0.25) is 4.72 Å². The molecule has 0 bridgehead atoms. The molecule has 0 unspecified atom stereocenters. The Kier molecular flexibility index (Phi) is 4.37. The molecular weight excluding hydrogens is 342 g/mol. The van der Waals surface area contributed by atoms with Crippen LogP contribution in [0.5, 0.6) is 0 Å². The number of rotatable bonds is 3. The minimum absolute atomic E-state index is 0.316. The minimum Gasteiger partial charge on any atom is -0.307 e. The van der Waals surface area contributed by atoms with Crippen LogP contribution >= 0.6 is 11.9 Å². The van der Waals surface area contributed by atoms with Gasteiger partial charge in [-0.2, -0.15) is 0 Å². The van der Waals surface area contributed by atoms with E-state index in [1.165, 1.54) is 34.4 Å². The molecule has 2 aliphatic carbocycles. The molecule has 130 valence electrons. The Hall–Kier alpha value is -2.08. The van der Waals surface area contributed by atoms with Crippen molar-refractivity contribution in [1.29, 1.82) is 0 Å². The zero-order valence-electron chi connectivity index (χ0n) is 13.6. The van der Waals surface area contributed by atoms with E-state index in [1.807, 2.05) is 0 Å². The first kappa shape index (κ1) is 16.4. The minimum atomic E-state index is -0.664. The number of halogens is 2. The third-order valence-electron chi connectivity index (χ3n) is 4.81. The van der Waals surface area contributed by atoms with Crippen molar-refractivity contribution in [2.75, 3.05) is 5.32 Å². The fourth-order valence-electron chi connectivity index (χ4n) is 3.80. The van der Waals surface area contributed by atoms with E-state index >= 15 is 0 Å². The highest BCUT2D eigenvalue weighted by atomic mass is 32.2. The number of nitrogens with one attached hydrogen (secondary N) is 2. The molecule has 0 radical (unpaired) electrons. The van der Waals surface area contributed by atoms with E-state index < -0.39 is 11.6 Å². The maximum Gasteiger partial charge on any atom is 0.329 e. The van der Waals surface area contributed by atoms with Crippen LogP contribution in [-0.4, -0.2) is 6.03 Å². The molecule has 0 atom stereocenters. The number of benzene rings is 2. The number of aryl methyl sites for hydroxylation is 2. The van der Waals surface area contributed by atoms with Gasteiger partial charge in [-0.25, -0.2) is 13.6 Å². The Morgan fingerprint density at radius 2 is 1.48 bits per heavy atom. The Bertz CT molecular complexity index is 801. The average Bonchev–Trinajstić information content (AvgIpc) is 3.20. The lowest BCUT2D eigenvalue weighted by atomic mass is 9.99. The highest BCUT2D eigenvalue weighted by molar-refractivity contribution is 7.98. The summed E-state index contributed by atoms with van der Waals surface area (Å²) < 4.78 is 29.1. The molecule has 0 fully saturated rings. The van der Waals surface area contributed by atoms with Gasteiger partial charge in [-0.05, 0) is 84.9 Å². The summed E-state index contributed by atoms with van der Waals surface area (Å²) in [7, 11) is 0. The molecule has 4 rings (SSSR count). The number of anilines is 1. The third-order valence-corrected chi connectivity index (χ3v) is 5.57. The van der Waals surface area contributed by atoms with E-state index in [-0.39, 0.29) is 6.03 Å². The standard InChI is InChI=1S/C19H18F2N2OS/c20-13-8-14(21)10-15(9-13)25-23-19(24)22-18-16-5-1-3-11(16)7-12-4-2-6-17(12)18/h7-10H,1-6H2,(H2,22,23,24). The molecule has 0 heterocycles. The largest absolute Gasteiger partial charge is 0.329 e. The van der Waals surface area contributed by atoms with Crippen LogP contribution in [-0.2, 0) is 25.7 Å². The number of amides is 2. The fraction of sp³-hybridized carbons (Fsp3) is 0.316. The number of carbonyl (C=O) groups excluding carboxylic acids is 1. The maximum absolute atomic E-state index is 13.2. The van der Waals surface area contributed by atoms with Crippen molar-refractivity contribution in [2.24, 2.45) is 0 Å². The van der Waals surface area contributed by atoms with Crippen molar-refractivity contribution < 1.29 is 13.6 Å². The summed E-state index contributed by atoms with van der Waals surface area (Å²) in [5.41, 5.74) is 6.13. The predicted octanol–water partition coefficient (Wildman–Crippen LogP) is 4.77. The van der Waals surface area contributed by atoms with Crippen molar-refractivity contribution in [2.45, 2.75) is 43.4 Å². The van der Waals surface area contributed by atoms with Crippen molar-refractivity contribution in [3.8, 4) is 0 Å². The first-order valence-corrected chi connectivity index (χ1v) is 9.28.